The van der Waals surface area contributed by atoms with E-state index in [1.165, 1.54) is 32.1 Å². The Kier molecular flexibility index (Phi) is 16.0. The second-order valence-corrected chi connectivity index (χ2v) is 5.59. The zero-order chi connectivity index (χ0) is 15.6. The zero-order valence-corrected chi connectivity index (χ0v) is 14.1. The van der Waals surface area contributed by atoms with Gasteiger partial charge in [0.1, 0.15) is 6.29 Å². The van der Waals surface area contributed by atoms with Gasteiger partial charge in [-0.25, -0.2) is 0 Å². The Morgan fingerprint density at radius 2 is 1.38 bits per heavy atom. The van der Waals surface area contributed by atoms with E-state index in [4.69, 9.17) is 0 Å². The Balaban J connectivity index is 3.32. The number of hydrogen-bond acceptors (Lipinski definition) is 1. The summed E-state index contributed by atoms with van der Waals surface area (Å²) in [5.41, 5.74) is 0. The fraction of sp³-hybridized carbons (Fsp3) is 0.650. The molecule has 1 heteroatoms. The first-order chi connectivity index (χ1) is 10.3. The van der Waals surface area contributed by atoms with Crippen LogP contribution in [0.15, 0.2) is 36.5 Å². The van der Waals surface area contributed by atoms with Gasteiger partial charge in [-0.2, -0.15) is 0 Å². The number of rotatable bonds is 14. The monoisotopic (exact) mass is 290 g/mol. The third kappa shape index (κ3) is 15.1. The average molecular weight is 290 g/mol. The van der Waals surface area contributed by atoms with Crippen LogP contribution in [-0.4, -0.2) is 6.29 Å². The minimum atomic E-state index is 0.295. The van der Waals surface area contributed by atoms with Crippen LogP contribution in [0.1, 0.15) is 78.1 Å². The molecule has 0 aliphatic heterocycles. The van der Waals surface area contributed by atoms with Crippen LogP contribution >= 0.6 is 0 Å². The number of hydrogen-bond donors (Lipinski definition) is 0. The van der Waals surface area contributed by atoms with Crippen LogP contribution in [0.4, 0.5) is 0 Å². The second-order valence-electron chi connectivity index (χ2n) is 5.59. The van der Waals surface area contributed by atoms with Gasteiger partial charge in [0, 0.05) is 5.92 Å². The van der Waals surface area contributed by atoms with Crippen molar-refractivity contribution in [2.45, 2.75) is 78.1 Å². The Bertz CT molecular complexity index is 299. The van der Waals surface area contributed by atoms with Gasteiger partial charge < -0.3 is 4.79 Å². The lowest BCUT2D eigenvalue weighted by atomic mass is 9.99. The van der Waals surface area contributed by atoms with Crippen molar-refractivity contribution in [3.63, 3.8) is 0 Å². The third-order valence-electron chi connectivity index (χ3n) is 3.69. The number of aldehydes is 1. The van der Waals surface area contributed by atoms with Gasteiger partial charge >= 0.3 is 0 Å². The number of allylic oxidation sites excluding steroid dienone is 6. The molecular formula is C20H34O. The summed E-state index contributed by atoms with van der Waals surface area (Å²) in [6, 6.07) is 0. The summed E-state index contributed by atoms with van der Waals surface area (Å²) < 4.78 is 0. The predicted molar refractivity (Wildman–Crippen MR) is 94.5 cm³/mol. The van der Waals surface area contributed by atoms with Crippen LogP contribution in [0.3, 0.4) is 0 Å². The molecule has 120 valence electrons. The molecule has 0 aliphatic rings. The average Bonchev–Trinajstić information content (AvgIpc) is 2.51. The number of carbonyl (C=O) groups excluding carboxylic acids is 1. The van der Waals surface area contributed by atoms with Crippen LogP contribution in [0, 0.1) is 5.92 Å². The van der Waals surface area contributed by atoms with Crippen LogP contribution in [-0.2, 0) is 4.79 Å². The first kappa shape index (κ1) is 19.9. The van der Waals surface area contributed by atoms with E-state index in [-0.39, 0.29) is 0 Å². The van der Waals surface area contributed by atoms with E-state index in [1.807, 2.05) is 0 Å². The molecule has 0 aliphatic carbocycles. The minimum absolute atomic E-state index is 0.295. The van der Waals surface area contributed by atoms with Crippen molar-refractivity contribution in [2.75, 3.05) is 0 Å². The van der Waals surface area contributed by atoms with Gasteiger partial charge in [0.2, 0.25) is 0 Å². The zero-order valence-electron chi connectivity index (χ0n) is 14.1. The molecule has 0 fully saturated rings. The molecule has 0 saturated carbocycles. The largest absolute Gasteiger partial charge is 0.303 e. The Morgan fingerprint density at radius 1 is 0.762 bits per heavy atom. The van der Waals surface area contributed by atoms with Crippen LogP contribution in [0.2, 0.25) is 0 Å². The first-order valence-electron chi connectivity index (χ1n) is 8.75. The maximum absolute atomic E-state index is 10.7. The van der Waals surface area contributed by atoms with Crippen molar-refractivity contribution in [1.82, 2.24) is 0 Å². The smallest absolute Gasteiger partial charge is 0.123 e. The Labute approximate surface area is 132 Å². The molecule has 1 nitrogen and oxygen atoms in total. The molecule has 0 N–H and O–H groups in total. The SMILES string of the molecule is CC/C=C\C/C=C\C/C=C\CCCCCCC(C=O)CC. The number of unbranched alkanes of at least 4 members (excludes halogenated alkanes) is 4. The summed E-state index contributed by atoms with van der Waals surface area (Å²) >= 11 is 0. The van der Waals surface area contributed by atoms with Crippen LogP contribution < -0.4 is 0 Å². The molecule has 21 heavy (non-hydrogen) atoms. The van der Waals surface area contributed by atoms with E-state index >= 15 is 0 Å². The van der Waals surface area contributed by atoms with Crippen molar-refractivity contribution >= 4 is 6.29 Å². The molecule has 1 atom stereocenters. The molecule has 0 aromatic heterocycles. The third-order valence-corrected chi connectivity index (χ3v) is 3.69. The quantitative estimate of drug-likeness (QED) is 0.205. The van der Waals surface area contributed by atoms with Crippen molar-refractivity contribution in [2.24, 2.45) is 5.92 Å². The topological polar surface area (TPSA) is 17.1 Å². The molecule has 0 bridgehead atoms. The molecule has 0 radical (unpaired) electrons. The lowest BCUT2D eigenvalue weighted by Gasteiger charge is -2.05. The lowest BCUT2D eigenvalue weighted by Crippen LogP contribution is -1.99. The van der Waals surface area contributed by atoms with Gasteiger partial charge in [0.05, 0.1) is 0 Å². The standard InChI is InChI=1S/C20H34O/c1-3-5-6-7-8-9-10-11-12-13-14-15-16-17-18-20(4-2)19-21/h5-6,8-9,11-12,19-20H,3-4,7,10,13-18H2,1-2H3/b6-5-,9-8-,12-11-. The van der Waals surface area contributed by atoms with Gasteiger partial charge in [-0.3, -0.25) is 0 Å². The molecule has 0 amide bonds. The first-order valence-corrected chi connectivity index (χ1v) is 8.75. The summed E-state index contributed by atoms with van der Waals surface area (Å²) in [6.07, 6.45) is 26.1. The Morgan fingerprint density at radius 3 is 2.00 bits per heavy atom. The van der Waals surface area contributed by atoms with Crippen molar-refractivity contribution in [1.29, 1.82) is 0 Å². The molecule has 0 aromatic carbocycles. The summed E-state index contributed by atoms with van der Waals surface area (Å²) in [5, 5.41) is 0. The van der Waals surface area contributed by atoms with Gasteiger partial charge in [0.25, 0.3) is 0 Å². The van der Waals surface area contributed by atoms with E-state index in [0.29, 0.717) is 5.92 Å². The van der Waals surface area contributed by atoms with Crippen LogP contribution in [0.25, 0.3) is 0 Å². The van der Waals surface area contributed by atoms with E-state index in [1.54, 1.807) is 0 Å². The fourth-order valence-corrected chi connectivity index (χ4v) is 2.22. The summed E-state index contributed by atoms with van der Waals surface area (Å²) in [7, 11) is 0. The van der Waals surface area contributed by atoms with Gasteiger partial charge in [-0.1, -0.05) is 69.6 Å². The highest BCUT2D eigenvalue weighted by Crippen LogP contribution is 2.12. The maximum Gasteiger partial charge on any atom is 0.123 e. The highest BCUT2D eigenvalue weighted by atomic mass is 16.1. The van der Waals surface area contributed by atoms with Crippen molar-refractivity contribution in [3.05, 3.63) is 36.5 Å². The molecule has 0 heterocycles. The highest BCUT2D eigenvalue weighted by molar-refractivity contribution is 5.53. The normalized spacial score (nSPS) is 13.6. The van der Waals surface area contributed by atoms with Gasteiger partial charge in [-0.05, 0) is 44.9 Å². The second kappa shape index (κ2) is 16.9. The van der Waals surface area contributed by atoms with E-state index in [0.717, 1.165) is 38.4 Å². The molecule has 0 rings (SSSR count). The Hall–Kier alpha value is -1.11. The lowest BCUT2D eigenvalue weighted by molar-refractivity contribution is -0.111. The van der Waals surface area contributed by atoms with Gasteiger partial charge in [-0.15, -0.1) is 0 Å². The number of carbonyl (C=O) groups is 1. The molecule has 1 unspecified atom stereocenters. The fourth-order valence-electron chi connectivity index (χ4n) is 2.22. The minimum Gasteiger partial charge on any atom is -0.303 e. The van der Waals surface area contributed by atoms with E-state index < -0.39 is 0 Å². The van der Waals surface area contributed by atoms with Crippen molar-refractivity contribution in [3.8, 4) is 0 Å². The maximum atomic E-state index is 10.7. The molecule has 0 spiro atoms. The summed E-state index contributed by atoms with van der Waals surface area (Å²) in [6.45, 7) is 4.26. The van der Waals surface area contributed by atoms with Gasteiger partial charge in [0.15, 0.2) is 0 Å². The molecule has 0 aromatic rings. The van der Waals surface area contributed by atoms with Crippen molar-refractivity contribution < 1.29 is 4.79 Å². The van der Waals surface area contributed by atoms with E-state index in [9.17, 15) is 4.79 Å². The summed E-state index contributed by atoms with van der Waals surface area (Å²) in [5.74, 6) is 0.295. The molecule has 0 saturated heterocycles. The predicted octanol–water partition coefficient (Wildman–Crippen LogP) is 6.41. The van der Waals surface area contributed by atoms with E-state index in [2.05, 4.69) is 50.3 Å². The molecular weight excluding hydrogens is 256 g/mol. The summed E-state index contributed by atoms with van der Waals surface area (Å²) in [4.78, 5) is 10.7. The van der Waals surface area contributed by atoms with Crippen LogP contribution in [0.5, 0.6) is 0 Å². The highest BCUT2D eigenvalue weighted by Gasteiger charge is 2.02.